The van der Waals surface area contributed by atoms with Gasteiger partial charge >= 0.3 is 0 Å². The second-order valence-electron chi connectivity index (χ2n) is 8.42. The summed E-state index contributed by atoms with van der Waals surface area (Å²) in [6.07, 6.45) is 4.57. The van der Waals surface area contributed by atoms with Crippen molar-refractivity contribution in [2.75, 3.05) is 7.11 Å². The highest BCUT2D eigenvalue weighted by atomic mass is 79.9. The molecule has 0 aliphatic heterocycles. The number of rotatable bonds is 5. The maximum absolute atomic E-state index is 10.2. The highest BCUT2D eigenvalue weighted by Crippen LogP contribution is 2.56. The van der Waals surface area contributed by atoms with Crippen molar-refractivity contribution in [2.24, 2.45) is 17.1 Å². The number of hydrogen-bond acceptors (Lipinski definition) is 6. The van der Waals surface area contributed by atoms with E-state index >= 15 is 0 Å². The van der Waals surface area contributed by atoms with Gasteiger partial charge in [0.2, 0.25) is 0 Å². The molecule has 0 radical (unpaired) electrons. The Hall–Kier alpha value is -3.73. The van der Waals surface area contributed by atoms with E-state index in [4.69, 9.17) is 15.2 Å². The van der Waals surface area contributed by atoms with E-state index in [-0.39, 0.29) is 23.8 Å². The van der Waals surface area contributed by atoms with Gasteiger partial charge in [-0.3, -0.25) is 0 Å². The lowest BCUT2D eigenvalue weighted by atomic mass is 9.56. The van der Waals surface area contributed by atoms with Gasteiger partial charge in [0.25, 0.3) is 0 Å². The summed E-state index contributed by atoms with van der Waals surface area (Å²) in [7, 11) is 1.59. The monoisotopic (exact) mass is 514 g/mol. The Morgan fingerprint density at radius 3 is 2.62 bits per heavy atom. The van der Waals surface area contributed by atoms with Crippen molar-refractivity contribution in [1.29, 1.82) is 15.8 Å². The summed E-state index contributed by atoms with van der Waals surface area (Å²) in [5.74, 6) is 0.685. The molecule has 0 amide bonds. The summed E-state index contributed by atoms with van der Waals surface area (Å²) in [6.45, 7) is 0.244. The maximum Gasteiger partial charge on any atom is 0.191 e. The number of fused-ring (bicyclic) bond motifs is 1. The van der Waals surface area contributed by atoms with Crippen LogP contribution < -0.4 is 15.2 Å². The van der Waals surface area contributed by atoms with Crippen LogP contribution in [0.2, 0.25) is 0 Å². The predicted molar refractivity (Wildman–Crippen MR) is 130 cm³/mol. The zero-order valence-corrected chi connectivity index (χ0v) is 20.3. The molecule has 4 rings (SSSR count). The van der Waals surface area contributed by atoms with E-state index in [2.05, 4.69) is 34.1 Å². The van der Waals surface area contributed by atoms with E-state index in [1.165, 1.54) is 0 Å². The minimum atomic E-state index is -1.64. The van der Waals surface area contributed by atoms with Crippen LogP contribution in [0.15, 0.2) is 69.9 Å². The number of halogens is 1. The third-order valence-corrected chi connectivity index (χ3v) is 7.15. The molecule has 2 aliphatic rings. The molecular weight excluding hydrogens is 492 g/mol. The molecule has 0 heterocycles. The highest BCUT2D eigenvalue weighted by Gasteiger charge is 2.53. The largest absolute Gasteiger partial charge is 0.496 e. The Balaban J connectivity index is 1.81. The fraction of sp³-hybridized carbons (Fsp3) is 0.296. The van der Waals surface area contributed by atoms with Gasteiger partial charge < -0.3 is 15.2 Å². The van der Waals surface area contributed by atoms with Crippen LogP contribution in [0.4, 0.5) is 0 Å². The molecule has 0 saturated heterocycles. The van der Waals surface area contributed by atoms with Gasteiger partial charge in [0.1, 0.15) is 24.2 Å². The van der Waals surface area contributed by atoms with Crippen molar-refractivity contribution in [3.05, 3.63) is 81.0 Å². The SMILES string of the molecule is COc1ccc([C@H]2[C@H]3CCCC=C3C(C#N)=C(N)C2(C#N)C#N)cc1COc1cccc(Br)c1. The van der Waals surface area contributed by atoms with Gasteiger partial charge in [-0.05, 0) is 66.6 Å². The average Bonchev–Trinajstić information content (AvgIpc) is 2.87. The van der Waals surface area contributed by atoms with Gasteiger partial charge in [0.05, 0.1) is 30.5 Å². The lowest BCUT2D eigenvalue weighted by molar-refractivity contribution is 0.293. The van der Waals surface area contributed by atoms with Crippen LogP contribution in [0.25, 0.3) is 0 Å². The number of nitrogens with two attached hydrogens (primary N) is 1. The molecule has 6 nitrogen and oxygen atoms in total. The Morgan fingerprint density at radius 2 is 1.94 bits per heavy atom. The number of nitrogens with zero attached hydrogens (tertiary/aromatic N) is 3. The quantitative estimate of drug-likeness (QED) is 0.552. The Bertz CT molecular complexity index is 1300. The fourth-order valence-electron chi connectivity index (χ4n) is 5.07. The normalized spacial score (nSPS) is 20.7. The molecule has 34 heavy (non-hydrogen) atoms. The molecule has 0 bridgehead atoms. The van der Waals surface area contributed by atoms with Crippen LogP contribution in [0.3, 0.4) is 0 Å². The van der Waals surface area contributed by atoms with Gasteiger partial charge in [-0.25, -0.2) is 0 Å². The fourth-order valence-corrected chi connectivity index (χ4v) is 5.45. The number of hydrogen-bond donors (Lipinski definition) is 1. The van der Waals surface area contributed by atoms with Crippen LogP contribution in [0.1, 0.15) is 36.3 Å². The Kier molecular flexibility index (Phi) is 6.64. The van der Waals surface area contributed by atoms with Crippen LogP contribution in [0, 0.1) is 45.3 Å². The second-order valence-corrected chi connectivity index (χ2v) is 9.34. The minimum Gasteiger partial charge on any atom is -0.496 e. The van der Waals surface area contributed by atoms with Crippen molar-refractivity contribution in [2.45, 2.75) is 31.8 Å². The molecule has 0 saturated carbocycles. The average molecular weight is 515 g/mol. The van der Waals surface area contributed by atoms with Crippen LogP contribution in [0.5, 0.6) is 11.5 Å². The van der Waals surface area contributed by atoms with E-state index in [1.54, 1.807) is 7.11 Å². The van der Waals surface area contributed by atoms with Crippen molar-refractivity contribution in [3.8, 4) is 29.7 Å². The molecule has 2 aromatic rings. The molecule has 2 N–H and O–H groups in total. The van der Waals surface area contributed by atoms with Crippen molar-refractivity contribution in [3.63, 3.8) is 0 Å². The summed E-state index contributed by atoms with van der Waals surface area (Å²) in [6, 6.07) is 19.7. The van der Waals surface area contributed by atoms with Crippen molar-refractivity contribution < 1.29 is 9.47 Å². The lowest BCUT2D eigenvalue weighted by Gasteiger charge is -2.43. The molecular formula is C27H23BrN4O2. The first-order valence-corrected chi connectivity index (χ1v) is 11.8. The number of nitriles is 3. The summed E-state index contributed by atoms with van der Waals surface area (Å²) < 4.78 is 12.5. The van der Waals surface area contributed by atoms with E-state index in [9.17, 15) is 15.8 Å². The first-order valence-electron chi connectivity index (χ1n) is 11.0. The molecule has 2 aromatic carbocycles. The van der Waals surface area contributed by atoms with E-state index < -0.39 is 11.3 Å². The van der Waals surface area contributed by atoms with E-state index in [1.807, 2.05) is 48.5 Å². The highest BCUT2D eigenvalue weighted by molar-refractivity contribution is 9.10. The van der Waals surface area contributed by atoms with E-state index in [0.29, 0.717) is 11.5 Å². The van der Waals surface area contributed by atoms with Gasteiger partial charge in [0, 0.05) is 16.0 Å². The summed E-state index contributed by atoms with van der Waals surface area (Å²) in [5, 5.41) is 30.3. The summed E-state index contributed by atoms with van der Waals surface area (Å²) in [5.41, 5.74) is 7.50. The number of ether oxygens (including phenoxy) is 2. The summed E-state index contributed by atoms with van der Waals surface area (Å²) in [4.78, 5) is 0. The molecule has 0 fully saturated rings. The molecule has 2 aliphatic carbocycles. The number of benzene rings is 2. The number of methoxy groups -OCH3 is 1. The first kappa shape index (κ1) is 23.4. The Morgan fingerprint density at radius 1 is 1.15 bits per heavy atom. The molecule has 2 atom stereocenters. The van der Waals surface area contributed by atoms with Gasteiger partial charge in [-0.1, -0.05) is 34.1 Å². The molecule has 7 heteroatoms. The predicted octanol–water partition coefficient (Wildman–Crippen LogP) is 5.63. The lowest BCUT2D eigenvalue weighted by Crippen LogP contribution is -2.42. The molecule has 0 unspecified atom stereocenters. The smallest absolute Gasteiger partial charge is 0.191 e. The third kappa shape index (κ3) is 3.92. The minimum absolute atomic E-state index is 0.0390. The van der Waals surface area contributed by atoms with Gasteiger partial charge in [-0.2, -0.15) is 15.8 Å². The van der Waals surface area contributed by atoms with Crippen molar-refractivity contribution >= 4 is 15.9 Å². The van der Waals surface area contributed by atoms with Gasteiger partial charge in [0.15, 0.2) is 5.41 Å². The Labute approximate surface area is 207 Å². The molecule has 170 valence electrons. The third-order valence-electron chi connectivity index (χ3n) is 6.65. The van der Waals surface area contributed by atoms with Crippen molar-refractivity contribution in [1.82, 2.24) is 0 Å². The van der Waals surface area contributed by atoms with Crippen LogP contribution in [-0.4, -0.2) is 7.11 Å². The van der Waals surface area contributed by atoms with Crippen LogP contribution in [-0.2, 0) is 6.61 Å². The second kappa shape index (κ2) is 9.64. The number of allylic oxidation sites excluding steroid dienone is 4. The molecule has 0 spiro atoms. The summed E-state index contributed by atoms with van der Waals surface area (Å²) >= 11 is 3.45. The maximum atomic E-state index is 10.2. The zero-order valence-electron chi connectivity index (χ0n) is 18.7. The topological polar surface area (TPSA) is 116 Å². The van der Waals surface area contributed by atoms with E-state index in [0.717, 1.165) is 40.4 Å². The first-order chi connectivity index (χ1) is 16.5. The standard InChI is InChI=1S/C27H23BrN4O2/c1-33-24-10-9-17(11-18(24)14-34-20-6-4-5-19(28)12-20)25-22-8-3-2-7-21(22)23(13-29)26(32)27(25,15-30)16-31/h4-7,9-12,22,25H,2-3,8,14,32H2,1H3/t22-,25-/m0/s1. The molecule has 0 aromatic heterocycles. The van der Waals surface area contributed by atoms with Gasteiger partial charge in [-0.15, -0.1) is 0 Å². The van der Waals surface area contributed by atoms with Crippen LogP contribution >= 0.6 is 15.9 Å². The zero-order chi connectivity index (χ0) is 24.3.